The van der Waals surface area contributed by atoms with Gasteiger partial charge in [0.1, 0.15) is 0 Å². The molecule has 0 aromatic carbocycles. The van der Waals surface area contributed by atoms with Crippen LogP contribution in [0.2, 0.25) is 0 Å². The standard InChI is InChI=1S/C14H25N3O2S/c1-14(2)10(7-11(14)18-5)15-8-9-12(19-6)16-13(20-9)17(3)4/h10-11,15H,7-8H2,1-6H3. The monoisotopic (exact) mass is 299 g/mol. The lowest BCUT2D eigenvalue weighted by Gasteiger charge is -2.51. The molecule has 5 nitrogen and oxygen atoms in total. The van der Waals surface area contributed by atoms with E-state index >= 15 is 0 Å². The summed E-state index contributed by atoms with van der Waals surface area (Å²) in [4.78, 5) is 7.63. The van der Waals surface area contributed by atoms with E-state index < -0.39 is 0 Å². The number of methoxy groups -OCH3 is 2. The van der Waals surface area contributed by atoms with Gasteiger partial charge in [0.15, 0.2) is 5.13 Å². The third-order valence-electron chi connectivity index (χ3n) is 4.20. The quantitative estimate of drug-likeness (QED) is 0.872. The highest BCUT2D eigenvalue weighted by Gasteiger charge is 2.48. The molecule has 2 rings (SSSR count). The number of rotatable bonds is 6. The molecule has 0 spiro atoms. The SMILES string of the molecule is COc1nc(N(C)C)sc1CNC1CC(OC)C1(C)C. The highest BCUT2D eigenvalue weighted by Crippen LogP contribution is 2.43. The Morgan fingerprint density at radius 2 is 2.10 bits per heavy atom. The van der Waals surface area contributed by atoms with Crippen LogP contribution >= 0.6 is 11.3 Å². The lowest BCUT2D eigenvalue weighted by Crippen LogP contribution is -2.60. The van der Waals surface area contributed by atoms with Gasteiger partial charge in [0.25, 0.3) is 0 Å². The number of hydrogen-bond donors (Lipinski definition) is 1. The predicted octanol–water partition coefficient (Wildman–Crippen LogP) is 2.12. The highest BCUT2D eigenvalue weighted by atomic mass is 32.1. The summed E-state index contributed by atoms with van der Waals surface area (Å²) in [6, 6.07) is 0.474. The van der Waals surface area contributed by atoms with Crippen LogP contribution in [0.4, 0.5) is 5.13 Å². The molecule has 0 amide bonds. The molecule has 0 aliphatic heterocycles. The molecule has 1 saturated carbocycles. The fraction of sp³-hybridized carbons (Fsp3) is 0.786. The molecular weight excluding hydrogens is 274 g/mol. The number of nitrogens with zero attached hydrogens (tertiary/aromatic N) is 2. The maximum Gasteiger partial charge on any atom is 0.230 e. The van der Waals surface area contributed by atoms with Crippen molar-refractivity contribution in [3.63, 3.8) is 0 Å². The molecule has 6 heteroatoms. The molecule has 0 radical (unpaired) electrons. The van der Waals surface area contributed by atoms with E-state index in [-0.39, 0.29) is 5.41 Å². The molecule has 1 fully saturated rings. The van der Waals surface area contributed by atoms with Crippen molar-refractivity contribution in [2.75, 3.05) is 33.2 Å². The lowest BCUT2D eigenvalue weighted by molar-refractivity contribution is -0.0978. The number of anilines is 1. The minimum absolute atomic E-state index is 0.178. The smallest absolute Gasteiger partial charge is 0.230 e. The van der Waals surface area contributed by atoms with Gasteiger partial charge in [-0.25, -0.2) is 0 Å². The molecule has 1 heterocycles. The van der Waals surface area contributed by atoms with E-state index in [4.69, 9.17) is 9.47 Å². The van der Waals surface area contributed by atoms with Crippen molar-refractivity contribution in [2.24, 2.45) is 5.41 Å². The highest BCUT2D eigenvalue weighted by molar-refractivity contribution is 7.15. The Kier molecular flexibility index (Phi) is 4.56. The Morgan fingerprint density at radius 3 is 2.60 bits per heavy atom. The number of aromatic nitrogens is 1. The summed E-state index contributed by atoms with van der Waals surface area (Å²) >= 11 is 1.67. The Morgan fingerprint density at radius 1 is 1.40 bits per heavy atom. The first kappa shape index (κ1) is 15.5. The van der Waals surface area contributed by atoms with Gasteiger partial charge >= 0.3 is 0 Å². The van der Waals surface area contributed by atoms with Crippen LogP contribution in [0.15, 0.2) is 0 Å². The van der Waals surface area contributed by atoms with Gasteiger partial charge in [0.2, 0.25) is 5.88 Å². The van der Waals surface area contributed by atoms with E-state index in [9.17, 15) is 0 Å². The average Bonchev–Trinajstić information content (AvgIpc) is 2.81. The van der Waals surface area contributed by atoms with Crippen molar-refractivity contribution in [1.82, 2.24) is 10.3 Å². The van der Waals surface area contributed by atoms with E-state index in [0.29, 0.717) is 12.1 Å². The third kappa shape index (κ3) is 2.77. The predicted molar refractivity (Wildman–Crippen MR) is 82.8 cm³/mol. The Balaban J connectivity index is 1.98. The fourth-order valence-corrected chi connectivity index (χ4v) is 3.54. The van der Waals surface area contributed by atoms with Gasteiger partial charge in [-0.05, 0) is 6.42 Å². The van der Waals surface area contributed by atoms with E-state index in [0.717, 1.165) is 28.9 Å². The molecule has 1 aliphatic rings. The maximum absolute atomic E-state index is 5.48. The van der Waals surface area contributed by atoms with Gasteiger partial charge < -0.3 is 19.7 Å². The molecular formula is C14H25N3O2S. The fourth-order valence-electron chi connectivity index (χ4n) is 2.64. The molecule has 0 bridgehead atoms. The molecule has 2 atom stereocenters. The number of thiazole rings is 1. The van der Waals surface area contributed by atoms with E-state index in [1.165, 1.54) is 0 Å². The van der Waals surface area contributed by atoms with Crippen LogP contribution in [0.25, 0.3) is 0 Å². The van der Waals surface area contributed by atoms with Crippen molar-refractivity contribution in [2.45, 2.75) is 39.0 Å². The topological polar surface area (TPSA) is 46.6 Å². The lowest BCUT2D eigenvalue weighted by atomic mass is 9.64. The van der Waals surface area contributed by atoms with Crippen LogP contribution in [0.5, 0.6) is 5.88 Å². The first-order valence-electron chi connectivity index (χ1n) is 6.87. The average molecular weight is 299 g/mol. The number of nitrogens with one attached hydrogen (secondary N) is 1. The molecule has 114 valence electrons. The summed E-state index contributed by atoms with van der Waals surface area (Å²) in [7, 11) is 7.45. The van der Waals surface area contributed by atoms with E-state index in [2.05, 4.69) is 24.1 Å². The Hall–Kier alpha value is -0.850. The van der Waals surface area contributed by atoms with Crippen molar-refractivity contribution in [3.05, 3.63) is 4.88 Å². The summed E-state index contributed by atoms with van der Waals surface area (Å²) in [6.07, 6.45) is 1.41. The molecule has 1 aromatic rings. The van der Waals surface area contributed by atoms with Crippen molar-refractivity contribution < 1.29 is 9.47 Å². The zero-order chi connectivity index (χ0) is 14.9. The summed E-state index contributed by atoms with van der Waals surface area (Å²) in [5.41, 5.74) is 0.178. The second-order valence-corrected chi connectivity index (χ2v) is 7.10. The van der Waals surface area contributed by atoms with Gasteiger partial charge in [0, 0.05) is 39.2 Å². The largest absolute Gasteiger partial charge is 0.480 e. The van der Waals surface area contributed by atoms with E-state index in [1.807, 2.05) is 19.0 Å². The zero-order valence-corrected chi connectivity index (χ0v) is 14.0. The van der Waals surface area contributed by atoms with Crippen molar-refractivity contribution >= 4 is 16.5 Å². The summed E-state index contributed by atoms with van der Waals surface area (Å²) in [5.74, 6) is 0.728. The van der Waals surface area contributed by atoms with Crippen LogP contribution in [0.3, 0.4) is 0 Å². The molecule has 1 aliphatic carbocycles. The Labute approximate surface area is 125 Å². The normalized spacial score (nSPS) is 24.3. The van der Waals surface area contributed by atoms with Crippen LogP contribution in [0, 0.1) is 5.41 Å². The van der Waals surface area contributed by atoms with E-state index in [1.54, 1.807) is 25.6 Å². The first-order valence-corrected chi connectivity index (χ1v) is 7.69. The van der Waals surface area contributed by atoms with Gasteiger partial charge in [0.05, 0.1) is 18.1 Å². The minimum Gasteiger partial charge on any atom is -0.480 e. The van der Waals surface area contributed by atoms with Crippen LogP contribution in [0.1, 0.15) is 25.1 Å². The second-order valence-electron chi connectivity index (χ2n) is 6.04. The van der Waals surface area contributed by atoms with Crippen LogP contribution in [-0.4, -0.2) is 45.4 Å². The summed E-state index contributed by atoms with van der Waals surface area (Å²) in [6.45, 7) is 5.29. The molecule has 1 N–H and O–H groups in total. The third-order valence-corrected chi connectivity index (χ3v) is 5.40. The van der Waals surface area contributed by atoms with Crippen molar-refractivity contribution in [1.29, 1.82) is 0 Å². The van der Waals surface area contributed by atoms with Crippen molar-refractivity contribution in [3.8, 4) is 5.88 Å². The molecule has 1 aromatic heterocycles. The summed E-state index contributed by atoms with van der Waals surface area (Å²) in [5, 5.41) is 4.58. The van der Waals surface area contributed by atoms with Crippen LogP contribution in [-0.2, 0) is 11.3 Å². The van der Waals surface area contributed by atoms with Gasteiger partial charge in [-0.3, -0.25) is 0 Å². The van der Waals surface area contributed by atoms with Crippen LogP contribution < -0.4 is 15.0 Å². The molecule has 2 unspecified atom stereocenters. The number of ether oxygens (including phenoxy) is 2. The van der Waals surface area contributed by atoms with Gasteiger partial charge in [-0.15, -0.1) is 0 Å². The zero-order valence-electron chi connectivity index (χ0n) is 13.2. The van der Waals surface area contributed by atoms with Gasteiger partial charge in [-0.1, -0.05) is 25.2 Å². The number of hydrogen-bond acceptors (Lipinski definition) is 6. The Bertz CT molecular complexity index is 459. The second kappa shape index (κ2) is 5.87. The first-order chi connectivity index (χ1) is 9.40. The van der Waals surface area contributed by atoms with Gasteiger partial charge in [-0.2, -0.15) is 4.98 Å². The molecule has 20 heavy (non-hydrogen) atoms. The molecule has 0 saturated heterocycles. The minimum atomic E-state index is 0.178. The maximum atomic E-state index is 5.48. The summed E-state index contributed by atoms with van der Waals surface area (Å²) < 4.78 is 10.8.